The van der Waals surface area contributed by atoms with Gasteiger partial charge >= 0.3 is 0 Å². The van der Waals surface area contributed by atoms with Crippen molar-refractivity contribution < 1.29 is 27.1 Å². The number of aryl methyl sites for hydroxylation is 1. The maximum absolute atomic E-state index is 13.1. The Labute approximate surface area is 178 Å². The number of nitrogens with one attached hydrogen (secondary N) is 2. The molecule has 10 heteroatoms. The number of anilines is 2. The van der Waals surface area contributed by atoms with Crippen LogP contribution in [0.1, 0.15) is 16.1 Å². The molecule has 0 atom stereocenters. The number of methoxy groups -OCH3 is 2. The SMILES string of the molecule is COc1cc(C)c(S(=O)(=O)Nc2ccc(Cl)cc2NC(=O)c2ccco2)cc1OC. The van der Waals surface area contributed by atoms with Crippen molar-refractivity contribution >= 4 is 38.9 Å². The summed E-state index contributed by atoms with van der Waals surface area (Å²) in [6.07, 6.45) is 1.36. The Hall–Kier alpha value is -3.17. The van der Waals surface area contributed by atoms with E-state index in [-0.39, 0.29) is 27.8 Å². The van der Waals surface area contributed by atoms with Crippen molar-refractivity contribution in [2.75, 3.05) is 24.3 Å². The van der Waals surface area contributed by atoms with Gasteiger partial charge in [0.05, 0.1) is 36.8 Å². The molecule has 3 aromatic rings. The predicted octanol–water partition coefficient (Wildman–Crippen LogP) is 4.31. The number of sulfonamides is 1. The van der Waals surface area contributed by atoms with Crippen LogP contribution in [0.4, 0.5) is 11.4 Å². The number of rotatable bonds is 7. The van der Waals surface area contributed by atoms with Crippen LogP contribution in [0.15, 0.2) is 58.0 Å². The zero-order valence-electron chi connectivity index (χ0n) is 16.4. The van der Waals surface area contributed by atoms with E-state index >= 15 is 0 Å². The van der Waals surface area contributed by atoms with Crippen LogP contribution in [0, 0.1) is 6.92 Å². The molecule has 8 nitrogen and oxygen atoms in total. The zero-order chi connectivity index (χ0) is 21.9. The summed E-state index contributed by atoms with van der Waals surface area (Å²) < 4.78 is 44.1. The van der Waals surface area contributed by atoms with Gasteiger partial charge < -0.3 is 19.2 Å². The van der Waals surface area contributed by atoms with E-state index in [4.69, 9.17) is 25.5 Å². The molecule has 0 fully saturated rings. The maximum Gasteiger partial charge on any atom is 0.291 e. The number of hydrogen-bond acceptors (Lipinski definition) is 6. The van der Waals surface area contributed by atoms with Gasteiger partial charge in [-0.25, -0.2) is 8.42 Å². The third-order valence-corrected chi connectivity index (χ3v) is 5.93. The van der Waals surface area contributed by atoms with E-state index < -0.39 is 15.9 Å². The van der Waals surface area contributed by atoms with Crippen molar-refractivity contribution in [3.8, 4) is 11.5 Å². The first-order valence-electron chi connectivity index (χ1n) is 8.65. The monoisotopic (exact) mass is 450 g/mol. The third-order valence-electron chi connectivity index (χ3n) is 4.19. The van der Waals surface area contributed by atoms with Crippen molar-refractivity contribution in [2.24, 2.45) is 0 Å². The minimum absolute atomic E-state index is 0.00147. The minimum Gasteiger partial charge on any atom is -0.493 e. The topological polar surface area (TPSA) is 107 Å². The molecule has 2 aromatic carbocycles. The number of carbonyl (C=O) groups excluding carboxylic acids is 1. The summed E-state index contributed by atoms with van der Waals surface area (Å²) in [4.78, 5) is 12.3. The van der Waals surface area contributed by atoms with Gasteiger partial charge in [0.15, 0.2) is 17.3 Å². The Kier molecular flexibility index (Phi) is 6.23. The van der Waals surface area contributed by atoms with Crippen LogP contribution in [0.5, 0.6) is 11.5 Å². The summed E-state index contributed by atoms with van der Waals surface area (Å²) in [7, 11) is -1.15. The molecule has 0 aliphatic rings. The largest absolute Gasteiger partial charge is 0.493 e. The second kappa shape index (κ2) is 8.68. The Morgan fingerprint density at radius 3 is 2.37 bits per heavy atom. The molecule has 0 spiro atoms. The lowest BCUT2D eigenvalue weighted by Gasteiger charge is -2.16. The van der Waals surface area contributed by atoms with Crippen LogP contribution >= 0.6 is 11.6 Å². The van der Waals surface area contributed by atoms with Crippen molar-refractivity contribution in [2.45, 2.75) is 11.8 Å². The fraction of sp³-hybridized carbons (Fsp3) is 0.150. The number of carbonyl (C=O) groups is 1. The van der Waals surface area contributed by atoms with E-state index in [2.05, 4.69) is 10.0 Å². The number of amides is 1. The lowest BCUT2D eigenvalue weighted by molar-refractivity contribution is 0.0996. The van der Waals surface area contributed by atoms with E-state index in [9.17, 15) is 13.2 Å². The molecule has 0 saturated carbocycles. The van der Waals surface area contributed by atoms with Crippen LogP contribution < -0.4 is 19.5 Å². The molecule has 0 aliphatic heterocycles. The Morgan fingerprint density at radius 1 is 1.03 bits per heavy atom. The first-order chi connectivity index (χ1) is 14.2. The summed E-state index contributed by atoms with van der Waals surface area (Å²) in [6, 6.07) is 10.4. The zero-order valence-corrected chi connectivity index (χ0v) is 17.9. The summed E-state index contributed by atoms with van der Waals surface area (Å²) in [5, 5.41) is 2.91. The predicted molar refractivity (Wildman–Crippen MR) is 113 cm³/mol. The molecule has 1 aromatic heterocycles. The smallest absolute Gasteiger partial charge is 0.291 e. The molecule has 30 heavy (non-hydrogen) atoms. The highest BCUT2D eigenvalue weighted by Gasteiger charge is 2.22. The number of furan rings is 1. The standard InChI is InChI=1S/C20H19ClN2O6S/c1-12-9-17(27-2)18(28-3)11-19(12)30(25,26)23-14-7-6-13(21)10-15(14)22-20(24)16-5-4-8-29-16/h4-11,23H,1-3H3,(H,22,24). The molecule has 0 radical (unpaired) electrons. The van der Waals surface area contributed by atoms with E-state index in [1.54, 1.807) is 19.1 Å². The highest BCUT2D eigenvalue weighted by Crippen LogP contribution is 2.34. The second-order valence-corrected chi connectivity index (χ2v) is 8.29. The number of ether oxygens (including phenoxy) is 2. The van der Waals surface area contributed by atoms with Crippen molar-refractivity contribution in [1.82, 2.24) is 0 Å². The fourth-order valence-corrected chi connectivity index (χ4v) is 4.25. The Balaban J connectivity index is 1.97. The van der Waals surface area contributed by atoms with Gasteiger partial charge in [-0.2, -0.15) is 0 Å². The molecule has 0 saturated heterocycles. The van der Waals surface area contributed by atoms with Crippen LogP contribution in [0.25, 0.3) is 0 Å². The maximum atomic E-state index is 13.1. The highest BCUT2D eigenvalue weighted by atomic mass is 35.5. The van der Waals surface area contributed by atoms with Crippen LogP contribution in [0.3, 0.4) is 0 Å². The van der Waals surface area contributed by atoms with Gasteiger partial charge in [-0.15, -0.1) is 0 Å². The number of halogens is 1. The number of hydrogen-bond donors (Lipinski definition) is 2. The lowest BCUT2D eigenvalue weighted by atomic mass is 10.2. The minimum atomic E-state index is -4.03. The fourth-order valence-electron chi connectivity index (χ4n) is 2.75. The van der Waals surface area contributed by atoms with E-state index in [0.717, 1.165) is 0 Å². The van der Waals surface area contributed by atoms with Crippen LogP contribution in [0.2, 0.25) is 5.02 Å². The van der Waals surface area contributed by atoms with Gasteiger partial charge in [-0.1, -0.05) is 11.6 Å². The Morgan fingerprint density at radius 2 is 1.73 bits per heavy atom. The second-order valence-electron chi connectivity index (χ2n) is 6.20. The van der Waals surface area contributed by atoms with Gasteiger partial charge in [0.2, 0.25) is 0 Å². The summed E-state index contributed by atoms with van der Waals surface area (Å²) in [5.41, 5.74) is 0.759. The molecule has 2 N–H and O–H groups in total. The van der Waals surface area contributed by atoms with Gasteiger partial charge in [-0.05, 0) is 48.9 Å². The molecular weight excluding hydrogens is 432 g/mol. The Bertz CT molecular complexity index is 1180. The average molecular weight is 451 g/mol. The van der Waals surface area contributed by atoms with Crippen molar-refractivity contribution in [3.63, 3.8) is 0 Å². The van der Waals surface area contributed by atoms with E-state index in [0.29, 0.717) is 16.3 Å². The quantitative estimate of drug-likeness (QED) is 0.555. The van der Waals surface area contributed by atoms with E-state index in [1.165, 1.54) is 50.8 Å². The molecule has 1 amide bonds. The first-order valence-corrected chi connectivity index (χ1v) is 10.5. The molecule has 158 valence electrons. The van der Waals surface area contributed by atoms with Crippen LogP contribution in [-0.4, -0.2) is 28.5 Å². The van der Waals surface area contributed by atoms with Gasteiger partial charge in [0.25, 0.3) is 15.9 Å². The van der Waals surface area contributed by atoms with Gasteiger partial charge in [-0.3, -0.25) is 9.52 Å². The van der Waals surface area contributed by atoms with Crippen molar-refractivity contribution in [3.05, 3.63) is 65.1 Å². The number of benzene rings is 2. The van der Waals surface area contributed by atoms with Gasteiger partial charge in [0, 0.05) is 11.1 Å². The molecular formula is C20H19ClN2O6S. The summed E-state index contributed by atoms with van der Waals surface area (Å²) in [6.45, 7) is 1.64. The third kappa shape index (κ3) is 4.52. The van der Waals surface area contributed by atoms with Gasteiger partial charge in [0.1, 0.15) is 0 Å². The molecule has 3 rings (SSSR count). The summed E-state index contributed by atoms with van der Waals surface area (Å²) >= 11 is 6.03. The molecule has 0 aliphatic carbocycles. The normalized spacial score (nSPS) is 11.1. The highest BCUT2D eigenvalue weighted by molar-refractivity contribution is 7.92. The molecule has 0 unspecified atom stereocenters. The average Bonchev–Trinajstić information content (AvgIpc) is 3.24. The lowest BCUT2D eigenvalue weighted by Crippen LogP contribution is -2.18. The molecule has 1 heterocycles. The molecule has 0 bridgehead atoms. The first kappa shape index (κ1) is 21.5. The van der Waals surface area contributed by atoms with Crippen molar-refractivity contribution in [1.29, 1.82) is 0 Å². The van der Waals surface area contributed by atoms with E-state index in [1.807, 2.05) is 0 Å². The van der Waals surface area contributed by atoms with Crippen LogP contribution in [-0.2, 0) is 10.0 Å². The summed E-state index contributed by atoms with van der Waals surface area (Å²) in [5.74, 6) is 0.197.